The van der Waals surface area contributed by atoms with Crippen molar-refractivity contribution in [3.8, 4) is 11.5 Å². The van der Waals surface area contributed by atoms with Crippen LogP contribution in [0.3, 0.4) is 0 Å². The van der Waals surface area contributed by atoms with Gasteiger partial charge in [-0.1, -0.05) is 6.07 Å². The number of aromatic nitrogens is 1. The molecule has 8 nitrogen and oxygen atoms in total. The molecular weight excluding hydrogens is 374 g/mol. The third kappa shape index (κ3) is 4.98. The highest BCUT2D eigenvalue weighted by molar-refractivity contribution is 7.07. The van der Waals surface area contributed by atoms with Crippen LogP contribution < -0.4 is 19.5 Å². The highest BCUT2D eigenvalue weighted by Gasteiger charge is 2.11. The van der Waals surface area contributed by atoms with E-state index in [9.17, 15) is 19.5 Å². The van der Waals surface area contributed by atoms with E-state index in [0.29, 0.717) is 11.3 Å². The number of aromatic hydroxyl groups is 1. The Morgan fingerprint density at radius 3 is 2.63 bits per heavy atom. The Morgan fingerprint density at radius 1 is 1.30 bits per heavy atom. The average Bonchev–Trinajstić information content (AvgIpc) is 2.90. The number of carbonyl (C=O) groups excluding carboxylic acids is 2. The minimum Gasteiger partial charge on any atom is -0.504 e. The van der Waals surface area contributed by atoms with Crippen LogP contribution in [0.2, 0.25) is 0 Å². The zero-order valence-corrected chi connectivity index (χ0v) is 15.9. The van der Waals surface area contributed by atoms with E-state index in [0.717, 1.165) is 22.0 Å². The summed E-state index contributed by atoms with van der Waals surface area (Å²) >= 11 is 1.02. The van der Waals surface area contributed by atoms with E-state index in [4.69, 9.17) is 9.47 Å². The molecule has 1 N–H and O–H groups in total. The fourth-order valence-corrected chi connectivity index (χ4v) is 3.25. The highest BCUT2D eigenvalue weighted by Crippen LogP contribution is 2.26. The second kappa shape index (κ2) is 9.04. The lowest BCUT2D eigenvalue weighted by Crippen LogP contribution is -2.34. The van der Waals surface area contributed by atoms with E-state index in [1.165, 1.54) is 20.3 Å². The summed E-state index contributed by atoms with van der Waals surface area (Å²) in [5.41, 5.74) is 0.0933. The molecule has 0 aliphatic rings. The van der Waals surface area contributed by atoms with E-state index in [2.05, 4.69) is 4.74 Å². The summed E-state index contributed by atoms with van der Waals surface area (Å²) in [7, 11) is 2.64. The molecule has 2 aromatic rings. The van der Waals surface area contributed by atoms with Gasteiger partial charge in [0.1, 0.15) is 11.2 Å². The molecule has 0 unspecified atom stereocenters. The summed E-state index contributed by atoms with van der Waals surface area (Å²) in [6, 6.07) is 4.67. The number of phenols is 1. The Hall–Kier alpha value is -3.07. The zero-order chi connectivity index (χ0) is 20.0. The maximum atomic E-state index is 12.7. The molecule has 0 atom stereocenters. The molecule has 0 spiro atoms. The van der Waals surface area contributed by atoms with Gasteiger partial charge in [-0.15, -0.1) is 11.3 Å². The Labute approximate surface area is 158 Å². The first-order chi connectivity index (χ1) is 12.9. The Kier molecular flexibility index (Phi) is 6.78. The van der Waals surface area contributed by atoms with Gasteiger partial charge in [0, 0.05) is 0 Å². The molecular formula is C18H19NO7S. The first-order valence-electron chi connectivity index (χ1n) is 7.93. The molecule has 0 bridgehead atoms. The monoisotopic (exact) mass is 393 g/mol. The molecule has 1 aromatic carbocycles. The van der Waals surface area contributed by atoms with Crippen LogP contribution in [0.4, 0.5) is 0 Å². The van der Waals surface area contributed by atoms with E-state index in [-0.39, 0.29) is 28.1 Å². The van der Waals surface area contributed by atoms with Gasteiger partial charge in [-0.2, -0.15) is 0 Å². The lowest BCUT2D eigenvalue weighted by atomic mass is 10.2. The van der Waals surface area contributed by atoms with Gasteiger partial charge >= 0.3 is 11.9 Å². The second-order valence-corrected chi connectivity index (χ2v) is 6.31. The third-order valence-electron chi connectivity index (χ3n) is 3.48. The fraction of sp³-hybridized carbons (Fsp3) is 0.278. The molecule has 0 fully saturated rings. The molecule has 27 heavy (non-hydrogen) atoms. The van der Waals surface area contributed by atoms with Crippen LogP contribution in [0, 0.1) is 0 Å². The number of hydrogen-bond donors (Lipinski definition) is 1. The fourth-order valence-electron chi connectivity index (χ4n) is 2.22. The maximum Gasteiger partial charge on any atom is 0.333 e. The predicted molar refractivity (Wildman–Crippen MR) is 99.2 cm³/mol. The van der Waals surface area contributed by atoms with Crippen LogP contribution in [0.15, 0.2) is 23.0 Å². The van der Waals surface area contributed by atoms with Gasteiger partial charge in [-0.3, -0.25) is 14.2 Å². The maximum absolute atomic E-state index is 12.7. The number of hydrogen-bond acceptors (Lipinski definition) is 8. The minimum absolute atomic E-state index is 0.0731. The quantitative estimate of drug-likeness (QED) is 0.687. The molecule has 9 heteroatoms. The first-order valence-corrected chi connectivity index (χ1v) is 8.75. The van der Waals surface area contributed by atoms with Gasteiger partial charge in [0.2, 0.25) is 0 Å². The van der Waals surface area contributed by atoms with Gasteiger partial charge in [-0.25, -0.2) is 4.79 Å². The Bertz CT molecular complexity index is 1020. The number of methoxy groups -OCH3 is 2. The molecule has 0 saturated heterocycles. The minimum atomic E-state index is -0.623. The SMILES string of the molecule is CCOC(=O)/C=c1\s/c(=C\c2ccc(OC)c(O)c2)c(=O)n1CC(=O)OC. The van der Waals surface area contributed by atoms with Crippen LogP contribution in [0.5, 0.6) is 11.5 Å². The van der Waals surface area contributed by atoms with E-state index >= 15 is 0 Å². The van der Waals surface area contributed by atoms with Crippen molar-refractivity contribution in [3.63, 3.8) is 0 Å². The number of rotatable bonds is 6. The van der Waals surface area contributed by atoms with Crippen molar-refractivity contribution in [2.75, 3.05) is 20.8 Å². The number of benzene rings is 1. The van der Waals surface area contributed by atoms with Gasteiger partial charge in [0.15, 0.2) is 11.5 Å². The summed E-state index contributed by atoms with van der Waals surface area (Å²) in [6.45, 7) is 1.52. The van der Waals surface area contributed by atoms with Crippen molar-refractivity contribution >= 4 is 35.4 Å². The molecule has 2 rings (SSSR count). The van der Waals surface area contributed by atoms with Crippen molar-refractivity contribution in [2.24, 2.45) is 0 Å². The van der Waals surface area contributed by atoms with Crippen LogP contribution in [0.25, 0.3) is 12.2 Å². The first kappa shape index (κ1) is 20.2. The van der Waals surface area contributed by atoms with Gasteiger partial charge in [0.05, 0.1) is 31.4 Å². The van der Waals surface area contributed by atoms with Crippen LogP contribution in [-0.4, -0.2) is 42.4 Å². The van der Waals surface area contributed by atoms with Crippen LogP contribution in [0.1, 0.15) is 12.5 Å². The normalized spacial score (nSPS) is 12.1. The van der Waals surface area contributed by atoms with Crippen LogP contribution >= 0.6 is 11.3 Å². The summed E-state index contributed by atoms with van der Waals surface area (Å²) in [5, 5.41) is 9.87. The Balaban J connectivity index is 2.60. The van der Waals surface area contributed by atoms with Gasteiger partial charge in [0.25, 0.3) is 5.56 Å². The van der Waals surface area contributed by atoms with Gasteiger partial charge < -0.3 is 19.3 Å². The van der Waals surface area contributed by atoms with Crippen molar-refractivity contribution in [1.29, 1.82) is 0 Å². The smallest absolute Gasteiger partial charge is 0.333 e. The number of ether oxygens (including phenoxy) is 3. The molecule has 1 heterocycles. The number of carbonyl (C=O) groups is 2. The van der Waals surface area contributed by atoms with Crippen molar-refractivity contribution in [2.45, 2.75) is 13.5 Å². The van der Waals surface area contributed by atoms with E-state index in [1.54, 1.807) is 25.1 Å². The van der Waals surface area contributed by atoms with E-state index < -0.39 is 17.5 Å². The van der Waals surface area contributed by atoms with Crippen LogP contribution in [-0.2, 0) is 25.6 Å². The molecule has 0 radical (unpaired) electrons. The topological polar surface area (TPSA) is 104 Å². The summed E-state index contributed by atoms with van der Waals surface area (Å²) in [6.07, 6.45) is 2.70. The average molecular weight is 393 g/mol. The zero-order valence-electron chi connectivity index (χ0n) is 15.1. The van der Waals surface area contributed by atoms with Gasteiger partial charge in [-0.05, 0) is 30.7 Å². The summed E-state index contributed by atoms with van der Waals surface area (Å²) in [4.78, 5) is 36.0. The van der Waals surface area contributed by atoms with Crippen molar-refractivity contribution in [1.82, 2.24) is 4.57 Å². The largest absolute Gasteiger partial charge is 0.504 e. The van der Waals surface area contributed by atoms with Crippen molar-refractivity contribution < 1.29 is 28.9 Å². The lowest BCUT2D eigenvalue weighted by Gasteiger charge is -2.02. The molecule has 0 saturated carbocycles. The predicted octanol–water partition coefficient (Wildman–Crippen LogP) is -0.0306. The number of thiazole rings is 1. The van der Waals surface area contributed by atoms with Crippen molar-refractivity contribution in [3.05, 3.63) is 43.3 Å². The standard InChI is InChI=1S/C18H19NO7S/c1-4-26-16(21)9-15-19(10-17(22)25-3)18(23)14(27-15)8-11-5-6-13(24-2)12(20)7-11/h5-9,20H,4,10H2,1-3H3/b14-8-,15-9-. The molecule has 0 aliphatic heterocycles. The molecule has 0 amide bonds. The second-order valence-electron chi connectivity index (χ2n) is 5.24. The summed E-state index contributed by atoms with van der Waals surface area (Å²) in [5.74, 6) is -1.01. The number of nitrogens with zero attached hydrogens (tertiary/aromatic N) is 1. The lowest BCUT2D eigenvalue weighted by molar-refractivity contribution is -0.141. The number of esters is 2. The number of phenolic OH excluding ortho intramolecular Hbond substituents is 1. The molecule has 144 valence electrons. The summed E-state index contributed by atoms with van der Waals surface area (Å²) < 4.78 is 16.1. The highest BCUT2D eigenvalue weighted by atomic mass is 32.1. The molecule has 1 aromatic heterocycles. The Morgan fingerprint density at radius 2 is 2.04 bits per heavy atom. The van der Waals surface area contributed by atoms with E-state index in [1.807, 2.05) is 0 Å². The molecule has 0 aliphatic carbocycles. The third-order valence-corrected chi connectivity index (χ3v) is 4.54.